The van der Waals surface area contributed by atoms with Crippen molar-refractivity contribution in [3.05, 3.63) is 45.7 Å². The topological polar surface area (TPSA) is 32.9 Å². The summed E-state index contributed by atoms with van der Waals surface area (Å²) in [5.41, 5.74) is 3.38. The Labute approximate surface area is 114 Å². The molecule has 0 saturated heterocycles. The zero-order valence-corrected chi connectivity index (χ0v) is 12.0. The maximum atomic E-state index is 12.1. The summed E-state index contributed by atoms with van der Waals surface area (Å²) in [5.74, 6) is 0. The third-order valence-electron chi connectivity index (χ3n) is 3.65. The first-order valence-electron chi connectivity index (χ1n) is 7.39. The van der Waals surface area contributed by atoms with Crippen molar-refractivity contribution in [1.82, 2.24) is 4.98 Å². The van der Waals surface area contributed by atoms with Gasteiger partial charge in [-0.1, -0.05) is 39.2 Å². The number of hydrogen-bond donors (Lipinski definition) is 1. The minimum absolute atomic E-state index is 0.140. The van der Waals surface area contributed by atoms with Gasteiger partial charge in [-0.2, -0.15) is 0 Å². The van der Waals surface area contributed by atoms with Crippen LogP contribution in [0, 0.1) is 0 Å². The second kappa shape index (κ2) is 6.55. The number of fused-ring (bicyclic) bond motifs is 1. The largest absolute Gasteiger partial charge is 0.358 e. The molecule has 1 heterocycles. The summed E-state index contributed by atoms with van der Waals surface area (Å²) in [6, 6.07) is 7.97. The summed E-state index contributed by atoms with van der Waals surface area (Å²) in [4.78, 5) is 15.4. The quantitative estimate of drug-likeness (QED) is 0.772. The fourth-order valence-corrected chi connectivity index (χ4v) is 2.45. The van der Waals surface area contributed by atoms with Gasteiger partial charge >= 0.3 is 0 Å². The molecule has 0 bridgehead atoms. The van der Waals surface area contributed by atoms with Crippen LogP contribution in [-0.4, -0.2) is 4.98 Å². The molecule has 0 aliphatic carbocycles. The lowest BCUT2D eigenvalue weighted by atomic mass is 10.0. The molecule has 0 aliphatic rings. The third-order valence-corrected chi connectivity index (χ3v) is 3.65. The van der Waals surface area contributed by atoms with Crippen molar-refractivity contribution in [2.24, 2.45) is 0 Å². The lowest BCUT2D eigenvalue weighted by Gasteiger charge is -2.05. The molecule has 1 N–H and O–H groups in total. The third kappa shape index (κ3) is 3.46. The Morgan fingerprint density at radius 3 is 2.63 bits per heavy atom. The number of aromatic nitrogens is 1. The van der Waals surface area contributed by atoms with Gasteiger partial charge in [0.1, 0.15) is 0 Å². The SMILES string of the molecule is CCCCCCc1ccc2[nH]c(CC)cc(=O)c2c1. The molecule has 2 heteroatoms. The number of benzene rings is 1. The Hall–Kier alpha value is -1.57. The van der Waals surface area contributed by atoms with Crippen LogP contribution in [0.25, 0.3) is 10.9 Å². The molecule has 102 valence electrons. The average molecular weight is 257 g/mol. The van der Waals surface area contributed by atoms with Crippen LogP contribution in [0.3, 0.4) is 0 Å². The molecule has 0 radical (unpaired) electrons. The molecule has 0 spiro atoms. The van der Waals surface area contributed by atoms with E-state index in [1.807, 2.05) is 6.07 Å². The minimum Gasteiger partial charge on any atom is -0.358 e. The highest BCUT2D eigenvalue weighted by molar-refractivity contribution is 5.79. The summed E-state index contributed by atoms with van der Waals surface area (Å²) in [7, 11) is 0. The average Bonchev–Trinajstić information content (AvgIpc) is 2.44. The molecule has 19 heavy (non-hydrogen) atoms. The highest BCUT2D eigenvalue weighted by Crippen LogP contribution is 2.14. The Morgan fingerprint density at radius 1 is 1.05 bits per heavy atom. The molecular formula is C17H23NO. The molecule has 0 atom stereocenters. The van der Waals surface area contributed by atoms with Crippen molar-refractivity contribution in [2.45, 2.75) is 52.4 Å². The van der Waals surface area contributed by atoms with E-state index in [1.165, 1.54) is 31.2 Å². The fourth-order valence-electron chi connectivity index (χ4n) is 2.45. The van der Waals surface area contributed by atoms with Crippen LogP contribution in [0.2, 0.25) is 0 Å². The Morgan fingerprint density at radius 2 is 1.89 bits per heavy atom. The van der Waals surface area contributed by atoms with Crippen LogP contribution in [0.15, 0.2) is 29.1 Å². The molecule has 0 aliphatic heterocycles. The summed E-state index contributed by atoms with van der Waals surface area (Å²) in [6.07, 6.45) is 6.99. The first-order chi connectivity index (χ1) is 9.24. The molecule has 2 nitrogen and oxygen atoms in total. The number of hydrogen-bond acceptors (Lipinski definition) is 1. The van der Waals surface area contributed by atoms with Gasteiger partial charge in [0.15, 0.2) is 5.43 Å². The molecular weight excluding hydrogens is 234 g/mol. The molecule has 0 saturated carbocycles. The Balaban J connectivity index is 2.21. The van der Waals surface area contributed by atoms with Crippen LogP contribution in [0.5, 0.6) is 0 Å². The number of rotatable bonds is 6. The molecule has 1 aromatic carbocycles. The Bertz CT molecular complexity index is 598. The van der Waals surface area contributed by atoms with Crippen molar-refractivity contribution >= 4 is 10.9 Å². The van der Waals surface area contributed by atoms with Crippen molar-refractivity contribution in [2.75, 3.05) is 0 Å². The van der Waals surface area contributed by atoms with E-state index in [-0.39, 0.29) is 5.43 Å². The van der Waals surface area contributed by atoms with Gasteiger partial charge in [-0.15, -0.1) is 0 Å². The molecule has 0 unspecified atom stereocenters. The maximum Gasteiger partial charge on any atom is 0.189 e. The van der Waals surface area contributed by atoms with Crippen LogP contribution in [0.1, 0.15) is 50.8 Å². The predicted molar refractivity (Wildman–Crippen MR) is 81.8 cm³/mol. The van der Waals surface area contributed by atoms with Crippen LogP contribution >= 0.6 is 0 Å². The van der Waals surface area contributed by atoms with Gasteiger partial charge in [0.25, 0.3) is 0 Å². The van der Waals surface area contributed by atoms with E-state index in [0.29, 0.717) is 0 Å². The summed E-state index contributed by atoms with van der Waals surface area (Å²) in [5, 5.41) is 0.824. The smallest absolute Gasteiger partial charge is 0.189 e. The molecule has 2 rings (SSSR count). The van der Waals surface area contributed by atoms with E-state index in [2.05, 4.69) is 31.0 Å². The Kier molecular flexibility index (Phi) is 4.78. The van der Waals surface area contributed by atoms with E-state index in [1.54, 1.807) is 6.07 Å². The number of aryl methyl sites for hydroxylation is 2. The van der Waals surface area contributed by atoms with Gasteiger partial charge in [0, 0.05) is 22.7 Å². The highest BCUT2D eigenvalue weighted by atomic mass is 16.1. The van der Waals surface area contributed by atoms with E-state index in [0.717, 1.165) is 29.4 Å². The van der Waals surface area contributed by atoms with E-state index < -0.39 is 0 Å². The predicted octanol–water partition coefficient (Wildman–Crippen LogP) is 4.21. The number of pyridine rings is 1. The highest BCUT2D eigenvalue weighted by Gasteiger charge is 2.03. The summed E-state index contributed by atoms with van der Waals surface area (Å²) >= 11 is 0. The van der Waals surface area contributed by atoms with Crippen molar-refractivity contribution < 1.29 is 0 Å². The standard InChI is InChI=1S/C17H23NO/c1-3-5-6-7-8-13-9-10-16-15(11-13)17(19)12-14(4-2)18-16/h9-12H,3-8H2,1-2H3,(H,18,19). The van der Waals surface area contributed by atoms with Crippen molar-refractivity contribution in [3.8, 4) is 0 Å². The zero-order chi connectivity index (χ0) is 13.7. The van der Waals surface area contributed by atoms with Crippen molar-refractivity contribution in [1.29, 1.82) is 0 Å². The molecule has 0 amide bonds. The fraction of sp³-hybridized carbons (Fsp3) is 0.471. The minimum atomic E-state index is 0.140. The first kappa shape index (κ1) is 13.9. The second-order valence-corrected chi connectivity index (χ2v) is 5.20. The number of aromatic amines is 1. The number of unbranched alkanes of at least 4 members (excludes halogenated alkanes) is 3. The first-order valence-corrected chi connectivity index (χ1v) is 7.39. The van der Waals surface area contributed by atoms with Crippen molar-refractivity contribution in [3.63, 3.8) is 0 Å². The monoisotopic (exact) mass is 257 g/mol. The van der Waals surface area contributed by atoms with Gasteiger partial charge in [-0.05, 0) is 37.0 Å². The van der Waals surface area contributed by atoms with Crippen LogP contribution in [-0.2, 0) is 12.8 Å². The molecule has 0 fully saturated rings. The maximum absolute atomic E-state index is 12.1. The van der Waals surface area contributed by atoms with Gasteiger partial charge in [0.05, 0.1) is 0 Å². The van der Waals surface area contributed by atoms with Gasteiger partial charge in [-0.3, -0.25) is 4.79 Å². The second-order valence-electron chi connectivity index (χ2n) is 5.20. The summed E-state index contributed by atoms with van der Waals surface area (Å²) in [6.45, 7) is 4.28. The molecule has 1 aromatic heterocycles. The number of nitrogens with one attached hydrogen (secondary N) is 1. The van der Waals surface area contributed by atoms with Gasteiger partial charge in [0.2, 0.25) is 0 Å². The lowest BCUT2D eigenvalue weighted by Crippen LogP contribution is -2.05. The zero-order valence-electron chi connectivity index (χ0n) is 12.0. The van der Waals surface area contributed by atoms with Gasteiger partial charge < -0.3 is 4.98 Å². The van der Waals surface area contributed by atoms with E-state index in [4.69, 9.17) is 0 Å². The summed E-state index contributed by atoms with van der Waals surface area (Å²) < 4.78 is 0. The number of H-pyrrole nitrogens is 1. The van der Waals surface area contributed by atoms with Crippen LogP contribution < -0.4 is 5.43 Å². The lowest BCUT2D eigenvalue weighted by molar-refractivity contribution is 0.667. The molecule has 2 aromatic rings. The van der Waals surface area contributed by atoms with Crippen LogP contribution in [0.4, 0.5) is 0 Å². The van der Waals surface area contributed by atoms with Gasteiger partial charge in [-0.25, -0.2) is 0 Å². The normalized spacial score (nSPS) is 11.1. The van der Waals surface area contributed by atoms with E-state index in [9.17, 15) is 4.79 Å². The van der Waals surface area contributed by atoms with E-state index >= 15 is 0 Å².